The van der Waals surface area contributed by atoms with E-state index in [1.54, 1.807) is 0 Å². The molecule has 0 radical (unpaired) electrons. The van der Waals surface area contributed by atoms with Crippen molar-refractivity contribution in [1.29, 1.82) is 0 Å². The van der Waals surface area contributed by atoms with Gasteiger partial charge in [0.15, 0.2) is 0 Å². The molecule has 0 aromatic heterocycles. The molecule has 2 aliphatic carbocycles. The Labute approximate surface area is 116 Å². The zero-order chi connectivity index (χ0) is 13.5. The van der Waals surface area contributed by atoms with Gasteiger partial charge in [0.2, 0.25) is 0 Å². The van der Waals surface area contributed by atoms with Gasteiger partial charge in [0, 0.05) is 23.7 Å². The average Bonchev–Trinajstić information content (AvgIpc) is 3.24. The molecule has 2 heteroatoms. The van der Waals surface area contributed by atoms with Crippen LogP contribution in [0.15, 0.2) is 24.3 Å². The Hall–Kier alpha value is -1.02. The molecule has 0 bridgehead atoms. The molecule has 2 fully saturated rings. The summed E-state index contributed by atoms with van der Waals surface area (Å²) < 4.78 is 0. The fourth-order valence-corrected chi connectivity index (χ4v) is 3.04. The summed E-state index contributed by atoms with van der Waals surface area (Å²) in [5, 5.41) is 3.87. The molecule has 104 valence electrons. The second kappa shape index (κ2) is 4.82. The second-order valence-electron chi connectivity index (χ2n) is 7.09. The number of nitrogens with one attached hydrogen (secondary N) is 1. The van der Waals surface area contributed by atoms with Crippen LogP contribution in [0.4, 0.5) is 5.69 Å². The van der Waals surface area contributed by atoms with Crippen molar-refractivity contribution in [3.8, 4) is 0 Å². The van der Waals surface area contributed by atoms with Gasteiger partial charge in [-0.1, -0.05) is 26.0 Å². The first-order chi connectivity index (χ1) is 9.06. The van der Waals surface area contributed by atoms with Crippen molar-refractivity contribution in [2.45, 2.75) is 51.0 Å². The van der Waals surface area contributed by atoms with Gasteiger partial charge < -0.3 is 11.1 Å². The maximum absolute atomic E-state index is 5.77. The molecule has 0 heterocycles. The minimum Gasteiger partial charge on any atom is -0.399 e. The highest BCUT2D eigenvalue weighted by Crippen LogP contribution is 2.44. The molecule has 1 aromatic rings. The minimum atomic E-state index is 0.176. The third-order valence-corrected chi connectivity index (χ3v) is 4.73. The van der Waals surface area contributed by atoms with Crippen LogP contribution in [0.3, 0.4) is 0 Å². The average molecular weight is 258 g/mol. The predicted molar refractivity (Wildman–Crippen MR) is 81.1 cm³/mol. The molecule has 2 saturated carbocycles. The topological polar surface area (TPSA) is 38.0 Å². The standard InChI is InChI=1S/C17H26N2/c1-17(2,14-7-9-15(18)10-8-14)11-19-16(12-3-4-12)13-5-6-13/h7-10,12-13,16,19H,3-6,11,18H2,1-2H3. The van der Waals surface area contributed by atoms with E-state index in [9.17, 15) is 0 Å². The maximum Gasteiger partial charge on any atom is 0.0314 e. The van der Waals surface area contributed by atoms with Crippen LogP contribution >= 0.6 is 0 Å². The lowest BCUT2D eigenvalue weighted by Crippen LogP contribution is -2.41. The lowest BCUT2D eigenvalue weighted by Gasteiger charge is -2.29. The van der Waals surface area contributed by atoms with Gasteiger partial charge in [-0.25, -0.2) is 0 Å². The smallest absolute Gasteiger partial charge is 0.0314 e. The zero-order valence-electron chi connectivity index (χ0n) is 12.2. The molecule has 0 atom stereocenters. The summed E-state index contributed by atoms with van der Waals surface area (Å²) in [4.78, 5) is 0. The van der Waals surface area contributed by atoms with Crippen LogP contribution in [0.5, 0.6) is 0 Å². The number of hydrogen-bond acceptors (Lipinski definition) is 2. The summed E-state index contributed by atoms with van der Waals surface area (Å²) in [6.07, 6.45) is 5.76. The van der Waals surface area contributed by atoms with Gasteiger partial charge in [-0.3, -0.25) is 0 Å². The summed E-state index contributed by atoms with van der Waals surface area (Å²) in [6, 6.07) is 9.14. The van der Waals surface area contributed by atoms with Crippen LogP contribution in [0, 0.1) is 11.8 Å². The van der Waals surface area contributed by atoms with E-state index >= 15 is 0 Å². The fraction of sp³-hybridized carbons (Fsp3) is 0.647. The molecule has 0 unspecified atom stereocenters. The van der Waals surface area contributed by atoms with E-state index in [0.717, 1.165) is 30.1 Å². The van der Waals surface area contributed by atoms with E-state index < -0.39 is 0 Å². The van der Waals surface area contributed by atoms with Gasteiger partial charge in [0.1, 0.15) is 0 Å². The zero-order valence-corrected chi connectivity index (χ0v) is 12.2. The van der Waals surface area contributed by atoms with E-state index in [1.165, 1.54) is 31.2 Å². The molecule has 0 amide bonds. The Morgan fingerprint density at radius 1 is 1.11 bits per heavy atom. The summed E-state index contributed by atoms with van der Waals surface area (Å²) in [5.41, 5.74) is 8.17. The van der Waals surface area contributed by atoms with Gasteiger partial charge in [-0.05, 0) is 55.2 Å². The van der Waals surface area contributed by atoms with Gasteiger partial charge in [0.05, 0.1) is 0 Å². The predicted octanol–water partition coefficient (Wildman–Crippen LogP) is 3.32. The number of nitrogens with two attached hydrogens (primary N) is 1. The SMILES string of the molecule is CC(C)(CNC(C1CC1)C1CC1)c1ccc(N)cc1. The van der Waals surface area contributed by atoms with Crippen molar-refractivity contribution in [3.63, 3.8) is 0 Å². The Morgan fingerprint density at radius 2 is 1.63 bits per heavy atom. The van der Waals surface area contributed by atoms with Crippen LogP contribution < -0.4 is 11.1 Å². The number of anilines is 1. The molecule has 3 N–H and O–H groups in total. The number of nitrogen functional groups attached to an aromatic ring is 1. The van der Waals surface area contributed by atoms with Crippen molar-refractivity contribution in [3.05, 3.63) is 29.8 Å². The van der Waals surface area contributed by atoms with Crippen molar-refractivity contribution in [2.24, 2.45) is 11.8 Å². The Morgan fingerprint density at radius 3 is 2.11 bits per heavy atom. The van der Waals surface area contributed by atoms with Crippen LogP contribution in [-0.2, 0) is 5.41 Å². The van der Waals surface area contributed by atoms with Crippen LogP contribution in [0.2, 0.25) is 0 Å². The van der Waals surface area contributed by atoms with Crippen molar-refractivity contribution < 1.29 is 0 Å². The van der Waals surface area contributed by atoms with E-state index in [2.05, 4.69) is 31.3 Å². The highest BCUT2D eigenvalue weighted by molar-refractivity contribution is 5.41. The minimum absolute atomic E-state index is 0.176. The first-order valence-corrected chi connectivity index (χ1v) is 7.66. The Balaban J connectivity index is 1.62. The number of hydrogen-bond donors (Lipinski definition) is 2. The third kappa shape index (κ3) is 3.11. The van der Waals surface area contributed by atoms with Crippen LogP contribution in [0.25, 0.3) is 0 Å². The van der Waals surface area contributed by atoms with E-state index in [-0.39, 0.29) is 5.41 Å². The molecule has 1 aromatic carbocycles. The summed E-state index contributed by atoms with van der Waals surface area (Å²) in [7, 11) is 0. The van der Waals surface area contributed by atoms with Crippen molar-refractivity contribution in [2.75, 3.05) is 12.3 Å². The largest absolute Gasteiger partial charge is 0.399 e. The summed E-state index contributed by atoms with van der Waals surface area (Å²) in [6.45, 7) is 5.71. The molecule has 0 saturated heterocycles. The lowest BCUT2D eigenvalue weighted by molar-refractivity contribution is 0.364. The molecule has 2 aliphatic rings. The van der Waals surface area contributed by atoms with E-state index in [4.69, 9.17) is 5.73 Å². The monoisotopic (exact) mass is 258 g/mol. The van der Waals surface area contributed by atoms with Crippen molar-refractivity contribution in [1.82, 2.24) is 5.32 Å². The van der Waals surface area contributed by atoms with E-state index in [1.807, 2.05) is 12.1 Å². The lowest BCUT2D eigenvalue weighted by atomic mass is 9.84. The summed E-state index contributed by atoms with van der Waals surface area (Å²) >= 11 is 0. The first-order valence-electron chi connectivity index (χ1n) is 7.66. The highest BCUT2D eigenvalue weighted by atomic mass is 15.0. The quantitative estimate of drug-likeness (QED) is 0.768. The van der Waals surface area contributed by atoms with Gasteiger partial charge in [0.25, 0.3) is 0 Å². The third-order valence-electron chi connectivity index (χ3n) is 4.73. The molecule has 0 aliphatic heterocycles. The second-order valence-corrected chi connectivity index (χ2v) is 7.09. The Bertz CT molecular complexity index is 415. The molecule has 2 nitrogen and oxygen atoms in total. The van der Waals surface area contributed by atoms with Gasteiger partial charge >= 0.3 is 0 Å². The summed E-state index contributed by atoms with van der Waals surface area (Å²) in [5.74, 6) is 1.93. The van der Waals surface area contributed by atoms with Crippen molar-refractivity contribution >= 4 is 5.69 Å². The highest BCUT2D eigenvalue weighted by Gasteiger charge is 2.41. The molecule has 0 spiro atoms. The molecule has 3 rings (SSSR count). The van der Waals surface area contributed by atoms with Gasteiger partial charge in [-0.15, -0.1) is 0 Å². The van der Waals surface area contributed by atoms with Crippen LogP contribution in [-0.4, -0.2) is 12.6 Å². The number of benzene rings is 1. The Kier molecular flexibility index (Phi) is 3.30. The van der Waals surface area contributed by atoms with Crippen LogP contribution in [0.1, 0.15) is 45.1 Å². The van der Waals surface area contributed by atoms with Gasteiger partial charge in [-0.2, -0.15) is 0 Å². The maximum atomic E-state index is 5.77. The molecular formula is C17H26N2. The fourth-order valence-electron chi connectivity index (χ4n) is 3.04. The molecule has 19 heavy (non-hydrogen) atoms. The van der Waals surface area contributed by atoms with E-state index in [0.29, 0.717) is 0 Å². The molecular weight excluding hydrogens is 232 g/mol. The first kappa shape index (κ1) is 13.0. The normalized spacial score (nSPS) is 19.9. The number of rotatable bonds is 6.